The first-order chi connectivity index (χ1) is 14.3. The molecule has 0 bridgehead atoms. The van der Waals surface area contributed by atoms with Gasteiger partial charge in [-0.15, -0.1) is 0 Å². The lowest BCUT2D eigenvalue weighted by atomic mass is 9.91. The van der Waals surface area contributed by atoms with Crippen molar-refractivity contribution in [2.24, 2.45) is 5.92 Å². The fourth-order valence-electron chi connectivity index (χ4n) is 3.32. The van der Waals surface area contributed by atoms with Gasteiger partial charge in [-0.1, -0.05) is 44.2 Å². The van der Waals surface area contributed by atoms with Crippen molar-refractivity contribution in [3.63, 3.8) is 0 Å². The molecule has 1 atom stereocenters. The van der Waals surface area contributed by atoms with Gasteiger partial charge in [-0.2, -0.15) is 0 Å². The molecular weight excluding hydrogens is 380 g/mol. The van der Waals surface area contributed by atoms with Crippen LogP contribution in [0.4, 0.5) is 4.79 Å². The van der Waals surface area contributed by atoms with Crippen LogP contribution in [0.15, 0.2) is 59.8 Å². The molecule has 0 fully saturated rings. The van der Waals surface area contributed by atoms with Crippen molar-refractivity contribution in [2.75, 3.05) is 0 Å². The van der Waals surface area contributed by atoms with E-state index in [0.717, 1.165) is 16.9 Å². The number of hydrogen-bond acceptors (Lipinski definition) is 4. The molecule has 2 aromatic carbocycles. The molecule has 1 heterocycles. The van der Waals surface area contributed by atoms with Gasteiger partial charge in [0.1, 0.15) is 11.5 Å². The van der Waals surface area contributed by atoms with Crippen LogP contribution in [0, 0.1) is 12.8 Å². The third-order valence-electron chi connectivity index (χ3n) is 4.78. The molecule has 1 aliphatic rings. The first-order valence-corrected chi connectivity index (χ1v) is 10.1. The average molecular weight is 408 g/mol. The molecule has 2 amide bonds. The summed E-state index contributed by atoms with van der Waals surface area (Å²) in [5, 5.41) is 5.62. The molecule has 0 saturated carbocycles. The van der Waals surface area contributed by atoms with Crippen molar-refractivity contribution in [1.29, 1.82) is 0 Å². The van der Waals surface area contributed by atoms with E-state index < -0.39 is 12.0 Å². The number of ether oxygens (including phenoxy) is 2. The van der Waals surface area contributed by atoms with E-state index >= 15 is 0 Å². The smallest absolute Gasteiger partial charge is 0.338 e. The molecule has 158 valence electrons. The summed E-state index contributed by atoms with van der Waals surface area (Å²) in [6.07, 6.45) is -0.262. The van der Waals surface area contributed by atoms with Crippen LogP contribution < -0.4 is 15.4 Å². The highest BCUT2D eigenvalue weighted by Crippen LogP contribution is 2.32. The Morgan fingerprint density at radius 2 is 1.67 bits per heavy atom. The van der Waals surface area contributed by atoms with Gasteiger partial charge in [0.25, 0.3) is 0 Å². The van der Waals surface area contributed by atoms with Crippen LogP contribution in [0.2, 0.25) is 0 Å². The number of amides is 2. The minimum Gasteiger partial charge on any atom is -0.459 e. The maximum Gasteiger partial charge on any atom is 0.338 e. The maximum atomic E-state index is 12.9. The number of rotatable bonds is 6. The third-order valence-corrected chi connectivity index (χ3v) is 4.78. The Morgan fingerprint density at radius 3 is 2.27 bits per heavy atom. The van der Waals surface area contributed by atoms with Crippen LogP contribution in [-0.4, -0.2) is 18.1 Å². The second kappa shape index (κ2) is 9.03. The third kappa shape index (κ3) is 4.82. The van der Waals surface area contributed by atoms with E-state index in [1.807, 2.05) is 69.3 Å². The standard InChI is InChI=1S/C24H28N2O4/c1-14(2)21-20(23(27)29-15(3)4)22(26-24(28)25-21)17-10-12-18(13-11-17)30-19-9-7-6-8-16(19)5/h6-15,22H,1-5H3,(H2,25,26,28). The van der Waals surface area contributed by atoms with Gasteiger partial charge < -0.3 is 20.1 Å². The Kier molecular flexibility index (Phi) is 6.45. The fraction of sp³-hybridized carbons (Fsp3) is 0.333. The van der Waals surface area contributed by atoms with Gasteiger partial charge in [-0.05, 0) is 56.0 Å². The van der Waals surface area contributed by atoms with E-state index in [-0.39, 0.29) is 18.1 Å². The topological polar surface area (TPSA) is 76.7 Å². The second-order valence-corrected chi connectivity index (χ2v) is 7.90. The average Bonchev–Trinajstić information content (AvgIpc) is 2.69. The van der Waals surface area contributed by atoms with Gasteiger partial charge in [0, 0.05) is 5.70 Å². The van der Waals surface area contributed by atoms with Crippen LogP contribution >= 0.6 is 0 Å². The molecule has 0 radical (unpaired) electrons. The number of hydrogen-bond donors (Lipinski definition) is 2. The van der Waals surface area contributed by atoms with Crippen LogP contribution in [0.1, 0.15) is 44.9 Å². The summed E-state index contributed by atoms with van der Waals surface area (Å²) in [4.78, 5) is 25.1. The monoisotopic (exact) mass is 408 g/mol. The Morgan fingerprint density at radius 1 is 1.00 bits per heavy atom. The first-order valence-electron chi connectivity index (χ1n) is 10.1. The van der Waals surface area contributed by atoms with E-state index in [4.69, 9.17) is 9.47 Å². The molecule has 1 unspecified atom stereocenters. The Labute approximate surface area is 177 Å². The highest BCUT2D eigenvalue weighted by atomic mass is 16.5. The van der Waals surface area contributed by atoms with Gasteiger partial charge in [-0.25, -0.2) is 9.59 Å². The molecule has 0 aromatic heterocycles. The molecule has 6 heteroatoms. The molecular formula is C24H28N2O4. The summed E-state index contributed by atoms with van der Waals surface area (Å²) in [6, 6.07) is 14.2. The largest absolute Gasteiger partial charge is 0.459 e. The van der Waals surface area contributed by atoms with E-state index in [9.17, 15) is 9.59 Å². The molecule has 2 aromatic rings. The highest BCUT2D eigenvalue weighted by molar-refractivity contribution is 5.95. The number of carbonyl (C=O) groups is 2. The molecule has 0 saturated heterocycles. The molecule has 0 spiro atoms. The number of benzene rings is 2. The number of urea groups is 1. The van der Waals surface area contributed by atoms with Crippen molar-refractivity contribution in [3.8, 4) is 11.5 Å². The molecule has 1 aliphatic heterocycles. The second-order valence-electron chi connectivity index (χ2n) is 7.90. The van der Waals surface area contributed by atoms with Gasteiger partial charge >= 0.3 is 12.0 Å². The summed E-state index contributed by atoms with van der Waals surface area (Å²) in [6.45, 7) is 9.45. The molecule has 6 nitrogen and oxygen atoms in total. The minimum atomic E-state index is -0.602. The Hall–Kier alpha value is -3.28. The highest BCUT2D eigenvalue weighted by Gasteiger charge is 2.35. The zero-order valence-corrected chi connectivity index (χ0v) is 18.0. The fourth-order valence-corrected chi connectivity index (χ4v) is 3.32. The summed E-state index contributed by atoms with van der Waals surface area (Å²) in [5.74, 6) is 0.972. The number of para-hydroxylation sites is 1. The number of carbonyl (C=O) groups excluding carboxylic acids is 2. The van der Waals surface area contributed by atoms with E-state index in [2.05, 4.69) is 10.6 Å². The van der Waals surface area contributed by atoms with Crippen molar-refractivity contribution in [2.45, 2.75) is 46.8 Å². The lowest BCUT2D eigenvalue weighted by Crippen LogP contribution is -2.47. The first kappa shape index (κ1) is 21.4. The lowest BCUT2D eigenvalue weighted by molar-refractivity contribution is -0.143. The van der Waals surface area contributed by atoms with Gasteiger partial charge in [0.2, 0.25) is 0 Å². The minimum absolute atomic E-state index is 0.0445. The van der Waals surface area contributed by atoms with Gasteiger partial charge in [0.05, 0.1) is 17.7 Å². The molecule has 0 aliphatic carbocycles. The van der Waals surface area contributed by atoms with Gasteiger partial charge in [-0.3, -0.25) is 0 Å². The number of allylic oxidation sites excluding steroid dienone is 1. The lowest BCUT2D eigenvalue weighted by Gasteiger charge is -2.31. The summed E-state index contributed by atoms with van der Waals surface area (Å²) >= 11 is 0. The normalized spacial score (nSPS) is 16.4. The Balaban J connectivity index is 1.93. The quantitative estimate of drug-likeness (QED) is 0.659. The van der Waals surface area contributed by atoms with Crippen LogP contribution in [-0.2, 0) is 9.53 Å². The SMILES string of the molecule is Cc1ccccc1Oc1ccc(C2NC(=O)NC(C(C)C)=C2C(=O)OC(C)C)cc1. The van der Waals surface area contributed by atoms with E-state index in [1.165, 1.54) is 0 Å². The molecule has 2 N–H and O–H groups in total. The summed E-state index contributed by atoms with van der Waals surface area (Å²) < 4.78 is 11.4. The van der Waals surface area contributed by atoms with Gasteiger partial charge in [0.15, 0.2) is 0 Å². The predicted octanol–water partition coefficient (Wildman–Crippen LogP) is 5.00. The van der Waals surface area contributed by atoms with Crippen molar-refractivity contribution >= 4 is 12.0 Å². The zero-order valence-electron chi connectivity index (χ0n) is 18.0. The van der Waals surface area contributed by atoms with Crippen molar-refractivity contribution in [3.05, 3.63) is 70.9 Å². The Bertz CT molecular complexity index is 961. The van der Waals surface area contributed by atoms with Crippen molar-refractivity contribution < 1.29 is 19.1 Å². The number of aryl methyl sites for hydroxylation is 1. The molecule has 30 heavy (non-hydrogen) atoms. The van der Waals surface area contributed by atoms with Crippen LogP contribution in [0.25, 0.3) is 0 Å². The van der Waals surface area contributed by atoms with E-state index in [0.29, 0.717) is 17.0 Å². The zero-order chi connectivity index (χ0) is 21.8. The number of esters is 1. The van der Waals surface area contributed by atoms with E-state index in [1.54, 1.807) is 13.8 Å². The molecule has 3 rings (SSSR count). The predicted molar refractivity (Wildman–Crippen MR) is 115 cm³/mol. The van der Waals surface area contributed by atoms with Crippen LogP contribution in [0.5, 0.6) is 11.5 Å². The summed E-state index contributed by atoms with van der Waals surface area (Å²) in [5.41, 5.74) is 2.81. The number of nitrogens with one attached hydrogen (secondary N) is 2. The summed E-state index contributed by atoms with van der Waals surface area (Å²) in [7, 11) is 0. The van der Waals surface area contributed by atoms with Crippen LogP contribution in [0.3, 0.4) is 0 Å². The maximum absolute atomic E-state index is 12.9. The van der Waals surface area contributed by atoms with Crippen molar-refractivity contribution in [1.82, 2.24) is 10.6 Å².